The van der Waals surface area contributed by atoms with Crippen LogP contribution in [0.25, 0.3) is 0 Å². The lowest BCUT2D eigenvalue weighted by atomic mass is 10.1. The minimum absolute atomic E-state index is 0.0261. The molecule has 0 spiro atoms. The van der Waals surface area contributed by atoms with Crippen molar-refractivity contribution >= 4 is 27.7 Å². The first-order chi connectivity index (χ1) is 12.0. The molecule has 1 aromatic carbocycles. The van der Waals surface area contributed by atoms with Crippen LogP contribution in [0.1, 0.15) is 38.5 Å². The molecule has 25 heavy (non-hydrogen) atoms. The van der Waals surface area contributed by atoms with Gasteiger partial charge in [-0.3, -0.25) is 9.59 Å². The van der Waals surface area contributed by atoms with Crippen molar-refractivity contribution in [3.05, 3.63) is 57.5 Å². The smallest absolute Gasteiger partial charge is 0.289 e. The molecule has 2 amide bonds. The van der Waals surface area contributed by atoms with E-state index in [4.69, 9.17) is 4.42 Å². The molecule has 0 aliphatic carbocycles. The van der Waals surface area contributed by atoms with E-state index in [2.05, 4.69) is 15.9 Å². The van der Waals surface area contributed by atoms with Gasteiger partial charge in [-0.05, 0) is 71.6 Å². The summed E-state index contributed by atoms with van der Waals surface area (Å²) in [6.45, 7) is 6.35. The Balaban J connectivity index is 1.67. The first-order valence-corrected chi connectivity index (χ1v) is 9.16. The Morgan fingerprint density at radius 3 is 2.20 bits per heavy atom. The number of furan rings is 1. The largest absolute Gasteiger partial charge is 0.444 e. The molecular weight excluding hydrogens is 384 g/mol. The predicted octanol–water partition coefficient (Wildman–Crippen LogP) is 3.65. The van der Waals surface area contributed by atoms with E-state index in [1.165, 1.54) is 5.56 Å². The van der Waals surface area contributed by atoms with E-state index in [-0.39, 0.29) is 11.8 Å². The minimum atomic E-state index is -0.133. The second kappa shape index (κ2) is 7.44. The summed E-state index contributed by atoms with van der Waals surface area (Å²) in [5, 5.41) is 0. The maximum atomic E-state index is 12.8. The number of halogens is 1. The second-order valence-corrected chi connectivity index (χ2v) is 7.12. The van der Waals surface area contributed by atoms with Gasteiger partial charge in [0.15, 0.2) is 10.4 Å². The van der Waals surface area contributed by atoms with E-state index in [1.54, 1.807) is 17.0 Å². The molecule has 1 saturated heterocycles. The van der Waals surface area contributed by atoms with Crippen molar-refractivity contribution in [1.29, 1.82) is 0 Å². The molecule has 6 heteroatoms. The molecule has 0 unspecified atom stereocenters. The summed E-state index contributed by atoms with van der Waals surface area (Å²) in [7, 11) is 0. The summed E-state index contributed by atoms with van der Waals surface area (Å²) in [5.41, 5.74) is 2.99. The number of carbonyl (C=O) groups excluding carboxylic acids is 2. The molecule has 132 valence electrons. The number of benzene rings is 1. The first-order valence-electron chi connectivity index (χ1n) is 8.37. The van der Waals surface area contributed by atoms with Gasteiger partial charge >= 0.3 is 0 Å². The fourth-order valence-corrected chi connectivity index (χ4v) is 3.27. The zero-order valence-electron chi connectivity index (χ0n) is 14.4. The number of hydrogen-bond donors (Lipinski definition) is 0. The average Bonchev–Trinajstić information content (AvgIpc) is 2.89. The molecule has 3 rings (SSSR count). The molecule has 1 aliphatic rings. The van der Waals surface area contributed by atoms with Crippen LogP contribution < -0.4 is 0 Å². The average molecular weight is 405 g/mol. The highest BCUT2D eigenvalue weighted by molar-refractivity contribution is 9.10. The molecule has 1 fully saturated rings. The monoisotopic (exact) mass is 404 g/mol. The number of carbonyl (C=O) groups is 2. The van der Waals surface area contributed by atoms with Crippen LogP contribution >= 0.6 is 15.9 Å². The lowest BCUT2D eigenvalue weighted by Crippen LogP contribution is -2.37. The standard InChI is InChI=1S/C19H21BrN2O3/c1-13-4-5-15(12-14(13)2)18(23)21-8-3-9-22(11-10-21)19(24)16-6-7-17(20)25-16/h4-7,12H,3,8-11H2,1-2H3. The normalized spacial score (nSPS) is 15.2. The third-order valence-corrected chi connectivity index (χ3v) is 5.03. The van der Waals surface area contributed by atoms with E-state index < -0.39 is 0 Å². The van der Waals surface area contributed by atoms with Gasteiger partial charge in [-0.2, -0.15) is 0 Å². The van der Waals surface area contributed by atoms with E-state index in [9.17, 15) is 9.59 Å². The van der Waals surface area contributed by atoms with Crippen molar-refractivity contribution in [2.75, 3.05) is 26.2 Å². The molecule has 2 heterocycles. The summed E-state index contributed by atoms with van der Waals surface area (Å²) in [6.07, 6.45) is 0.754. The highest BCUT2D eigenvalue weighted by atomic mass is 79.9. The number of rotatable bonds is 2. The van der Waals surface area contributed by atoms with Crippen LogP contribution in [0.3, 0.4) is 0 Å². The zero-order chi connectivity index (χ0) is 18.0. The molecule has 1 aliphatic heterocycles. The van der Waals surface area contributed by atoms with Crippen LogP contribution in [-0.4, -0.2) is 47.8 Å². The quantitative estimate of drug-likeness (QED) is 0.767. The van der Waals surface area contributed by atoms with Crippen LogP contribution in [0, 0.1) is 13.8 Å². The zero-order valence-corrected chi connectivity index (χ0v) is 16.0. The number of aryl methyl sites for hydroxylation is 2. The fraction of sp³-hybridized carbons (Fsp3) is 0.368. The van der Waals surface area contributed by atoms with Gasteiger partial charge in [0.05, 0.1) is 0 Å². The van der Waals surface area contributed by atoms with E-state index in [1.807, 2.05) is 36.9 Å². The van der Waals surface area contributed by atoms with Crippen molar-refractivity contribution < 1.29 is 14.0 Å². The minimum Gasteiger partial charge on any atom is -0.444 e. The SMILES string of the molecule is Cc1ccc(C(=O)N2CCCN(C(=O)c3ccc(Br)o3)CC2)cc1C. The van der Waals surface area contributed by atoms with Crippen LogP contribution in [0.15, 0.2) is 39.4 Å². The maximum Gasteiger partial charge on any atom is 0.289 e. The molecule has 0 N–H and O–H groups in total. The summed E-state index contributed by atoms with van der Waals surface area (Å²) < 4.78 is 5.89. The maximum absolute atomic E-state index is 12.8. The Morgan fingerprint density at radius 2 is 1.60 bits per heavy atom. The molecule has 0 radical (unpaired) electrons. The summed E-state index contributed by atoms with van der Waals surface area (Å²) in [4.78, 5) is 28.8. The van der Waals surface area contributed by atoms with Gasteiger partial charge in [0, 0.05) is 31.7 Å². The highest BCUT2D eigenvalue weighted by Gasteiger charge is 2.25. The highest BCUT2D eigenvalue weighted by Crippen LogP contribution is 2.18. The molecular formula is C19H21BrN2O3. The Morgan fingerprint density at radius 1 is 0.920 bits per heavy atom. The van der Waals surface area contributed by atoms with Crippen molar-refractivity contribution in [2.24, 2.45) is 0 Å². The molecule has 0 atom stereocenters. The molecule has 5 nitrogen and oxygen atoms in total. The van der Waals surface area contributed by atoms with Crippen molar-refractivity contribution in [1.82, 2.24) is 9.80 Å². The lowest BCUT2D eigenvalue weighted by molar-refractivity contribution is 0.0699. The van der Waals surface area contributed by atoms with E-state index in [0.29, 0.717) is 42.2 Å². The van der Waals surface area contributed by atoms with Gasteiger partial charge in [0.25, 0.3) is 11.8 Å². The molecule has 2 aromatic rings. The number of nitrogens with zero attached hydrogens (tertiary/aromatic N) is 2. The molecule has 1 aromatic heterocycles. The summed E-state index contributed by atoms with van der Waals surface area (Å²) >= 11 is 3.21. The Kier molecular flexibility index (Phi) is 5.27. The molecule has 0 saturated carbocycles. The van der Waals surface area contributed by atoms with Gasteiger partial charge in [0.1, 0.15) is 0 Å². The van der Waals surface area contributed by atoms with E-state index in [0.717, 1.165) is 12.0 Å². The lowest BCUT2D eigenvalue weighted by Gasteiger charge is -2.22. The predicted molar refractivity (Wildman–Crippen MR) is 98.7 cm³/mol. The van der Waals surface area contributed by atoms with Crippen LogP contribution in [0.4, 0.5) is 0 Å². The Hall–Kier alpha value is -2.08. The second-order valence-electron chi connectivity index (χ2n) is 6.34. The van der Waals surface area contributed by atoms with Gasteiger partial charge in [-0.1, -0.05) is 6.07 Å². The topological polar surface area (TPSA) is 53.8 Å². The van der Waals surface area contributed by atoms with Crippen molar-refractivity contribution in [2.45, 2.75) is 20.3 Å². The summed E-state index contributed by atoms with van der Waals surface area (Å²) in [5.74, 6) is 0.213. The number of hydrogen-bond acceptors (Lipinski definition) is 3. The van der Waals surface area contributed by atoms with Crippen LogP contribution in [0.2, 0.25) is 0 Å². The Labute approximate surface area is 155 Å². The van der Waals surface area contributed by atoms with Gasteiger partial charge in [-0.15, -0.1) is 0 Å². The van der Waals surface area contributed by atoms with Gasteiger partial charge < -0.3 is 14.2 Å². The van der Waals surface area contributed by atoms with E-state index >= 15 is 0 Å². The number of amides is 2. The molecule has 0 bridgehead atoms. The van der Waals surface area contributed by atoms with Crippen molar-refractivity contribution in [3.63, 3.8) is 0 Å². The van der Waals surface area contributed by atoms with Crippen LogP contribution in [-0.2, 0) is 0 Å². The summed E-state index contributed by atoms with van der Waals surface area (Å²) in [6, 6.07) is 9.16. The van der Waals surface area contributed by atoms with Gasteiger partial charge in [0.2, 0.25) is 0 Å². The van der Waals surface area contributed by atoms with Crippen LogP contribution in [0.5, 0.6) is 0 Å². The fourth-order valence-electron chi connectivity index (χ4n) is 2.97. The third-order valence-electron chi connectivity index (χ3n) is 4.61. The first kappa shape index (κ1) is 17.7. The third kappa shape index (κ3) is 3.95. The Bertz CT molecular complexity index is 800. The van der Waals surface area contributed by atoms with Crippen molar-refractivity contribution in [3.8, 4) is 0 Å². The van der Waals surface area contributed by atoms with Gasteiger partial charge in [-0.25, -0.2) is 0 Å².